The summed E-state index contributed by atoms with van der Waals surface area (Å²) < 4.78 is 34.0. The molecule has 1 aromatic heterocycles. The Labute approximate surface area is 157 Å². The SMILES string of the molecule is Cc1ccccc1N1CCN(S(=O)(=O)c2ccc3c(c2)oc(=O)n3C)CC1. The first kappa shape index (κ1) is 17.8. The Kier molecular flexibility index (Phi) is 4.32. The normalized spacial score (nSPS) is 16.1. The van der Waals surface area contributed by atoms with Crippen LogP contribution in [0.25, 0.3) is 11.1 Å². The Hall–Kier alpha value is -2.58. The van der Waals surface area contributed by atoms with E-state index in [1.807, 2.05) is 12.1 Å². The van der Waals surface area contributed by atoms with Crippen molar-refractivity contribution in [1.82, 2.24) is 8.87 Å². The number of fused-ring (bicyclic) bond motifs is 1. The average molecular weight is 387 g/mol. The lowest BCUT2D eigenvalue weighted by atomic mass is 10.1. The van der Waals surface area contributed by atoms with Gasteiger partial charge in [0.1, 0.15) is 0 Å². The van der Waals surface area contributed by atoms with Gasteiger partial charge in [0.2, 0.25) is 10.0 Å². The fourth-order valence-electron chi connectivity index (χ4n) is 3.51. The van der Waals surface area contributed by atoms with Crippen LogP contribution in [0.15, 0.2) is 56.6 Å². The van der Waals surface area contributed by atoms with E-state index in [4.69, 9.17) is 4.42 Å². The lowest BCUT2D eigenvalue weighted by Gasteiger charge is -2.36. The predicted molar refractivity (Wildman–Crippen MR) is 104 cm³/mol. The maximum atomic E-state index is 13.0. The van der Waals surface area contributed by atoms with Crippen LogP contribution < -0.4 is 10.7 Å². The van der Waals surface area contributed by atoms with E-state index in [2.05, 4.69) is 24.0 Å². The van der Waals surface area contributed by atoms with Crippen molar-refractivity contribution in [3.05, 3.63) is 58.6 Å². The number of para-hydroxylation sites is 1. The summed E-state index contributed by atoms with van der Waals surface area (Å²) in [5.41, 5.74) is 3.17. The number of sulfonamides is 1. The van der Waals surface area contributed by atoms with Crippen LogP contribution in [-0.2, 0) is 17.1 Å². The van der Waals surface area contributed by atoms with Gasteiger partial charge in [-0.1, -0.05) is 18.2 Å². The van der Waals surface area contributed by atoms with E-state index in [9.17, 15) is 13.2 Å². The van der Waals surface area contributed by atoms with Gasteiger partial charge in [-0.15, -0.1) is 0 Å². The first-order chi connectivity index (χ1) is 12.9. The first-order valence-electron chi connectivity index (χ1n) is 8.78. The lowest BCUT2D eigenvalue weighted by Crippen LogP contribution is -2.48. The first-order valence-corrected chi connectivity index (χ1v) is 10.2. The largest absolute Gasteiger partial charge is 0.419 e. The van der Waals surface area contributed by atoms with E-state index in [0.717, 1.165) is 5.69 Å². The highest BCUT2D eigenvalue weighted by molar-refractivity contribution is 7.89. The maximum Gasteiger partial charge on any atom is 0.419 e. The summed E-state index contributed by atoms with van der Waals surface area (Å²) in [5, 5.41) is 0. The Bertz CT molecular complexity index is 1160. The molecule has 1 aliphatic heterocycles. The molecule has 2 aromatic carbocycles. The molecule has 3 aromatic rings. The van der Waals surface area contributed by atoms with Crippen LogP contribution in [0.2, 0.25) is 0 Å². The van der Waals surface area contributed by atoms with Crippen molar-refractivity contribution in [3.63, 3.8) is 0 Å². The summed E-state index contributed by atoms with van der Waals surface area (Å²) in [5.74, 6) is -0.508. The molecule has 0 radical (unpaired) electrons. The summed E-state index contributed by atoms with van der Waals surface area (Å²) in [6.45, 7) is 4.14. The number of anilines is 1. The number of aryl methyl sites for hydroxylation is 2. The molecule has 0 amide bonds. The van der Waals surface area contributed by atoms with Gasteiger partial charge in [-0.2, -0.15) is 4.31 Å². The van der Waals surface area contributed by atoms with Crippen LogP contribution in [0.5, 0.6) is 0 Å². The number of nitrogens with zero attached hydrogens (tertiary/aromatic N) is 3. The van der Waals surface area contributed by atoms with Crippen LogP contribution >= 0.6 is 0 Å². The molecule has 0 bridgehead atoms. The zero-order chi connectivity index (χ0) is 19.2. The average Bonchev–Trinajstić information content (AvgIpc) is 2.96. The van der Waals surface area contributed by atoms with E-state index in [1.165, 1.54) is 26.6 Å². The zero-order valence-electron chi connectivity index (χ0n) is 15.3. The molecule has 8 heteroatoms. The van der Waals surface area contributed by atoms with Gasteiger partial charge in [0.05, 0.1) is 10.4 Å². The molecule has 1 fully saturated rings. The predicted octanol–water partition coefficient (Wildman–Crippen LogP) is 1.95. The highest BCUT2D eigenvalue weighted by atomic mass is 32.2. The number of piperazine rings is 1. The summed E-state index contributed by atoms with van der Waals surface area (Å²) in [6.07, 6.45) is 0. The van der Waals surface area contributed by atoms with Gasteiger partial charge in [0, 0.05) is 45.0 Å². The minimum absolute atomic E-state index is 0.147. The van der Waals surface area contributed by atoms with Crippen molar-refractivity contribution in [3.8, 4) is 0 Å². The molecular weight excluding hydrogens is 366 g/mol. The molecule has 1 saturated heterocycles. The molecule has 7 nitrogen and oxygen atoms in total. The van der Waals surface area contributed by atoms with Gasteiger partial charge < -0.3 is 9.32 Å². The fourth-order valence-corrected chi connectivity index (χ4v) is 4.95. The molecule has 1 aliphatic rings. The Morgan fingerprint density at radius 3 is 2.41 bits per heavy atom. The van der Waals surface area contributed by atoms with Crippen molar-refractivity contribution in [2.24, 2.45) is 7.05 Å². The molecule has 0 spiro atoms. The van der Waals surface area contributed by atoms with Gasteiger partial charge >= 0.3 is 5.76 Å². The van der Waals surface area contributed by atoms with Crippen LogP contribution in [0.3, 0.4) is 0 Å². The maximum absolute atomic E-state index is 13.0. The van der Waals surface area contributed by atoms with Gasteiger partial charge in [-0.3, -0.25) is 4.57 Å². The number of aromatic nitrogens is 1. The lowest BCUT2D eigenvalue weighted by molar-refractivity contribution is 0.384. The van der Waals surface area contributed by atoms with Gasteiger partial charge in [-0.25, -0.2) is 13.2 Å². The van der Waals surface area contributed by atoms with Crippen molar-refractivity contribution in [2.75, 3.05) is 31.1 Å². The third kappa shape index (κ3) is 3.04. The van der Waals surface area contributed by atoms with Crippen LogP contribution in [-0.4, -0.2) is 43.5 Å². The second kappa shape index (κ2) is 6.54. The smallest absolute Gasteiger partial charge is 0.408 e. The summed E-state index contributed by atoms with van der Waals surface area (Å²) in [4.78, 5) is 14.0. The van der Waals surface area contributed by atoms with E-state index in [1.54, 1.807) is 13.1 Å². The number of benzene rings is 2. The number of hydrogen-bond acceptors (Lipinski definition) is 5. The summed E-state index contributed by atoms with van der Waals surface area (Å²) >= 11 is 0. The Morgan fingerprint density at radius 2 is 1.70 bits per heavy atom. The van der Waals surface area contributed by atoms with E-state index < -0.39 is 15.8 Å². The third-order valence-corrected chi connectivity index (χ3v) is 6.99. The van der Waals surface area contributed by atoms with Crippen molar-refractivity contribution >= 4 is 26.8 Å². The second-order valence-electron chi connectivity index (χ2n) is 6.73. The van der Waals surface area contributed by atoms with E-state index >= 15 is 0 Å². The van der Waals surface area contributed by atoms with E-state index in [-0.39, 0.29) is 10.5 Å². The number of hydrogen-bond donors (Lipinski definition) is 0. The molecule has 4 rings (SSSR count). The monoisotopic (exact) mass is 387 g/mol. The van der Waals surface area contributed by atoms with E-state index in [0.29, 0.717) is 31.7 Å². The van der Waals surface area contributed by atoms with Crippen LogP contribution in [0, 0.1) is 6.92 Å². The highest BCUT2D eigenvalue weighted by Gasteiger charge is 2.29. The molecule has 0 atom stereocenters. The number of rotatable bonds is 3. The van der Waals surface area contributed by atoms with Gasteiger partial charge in [0.15, 0.2) is 5.58 Å². The van der Waals surface area contributed by atoms with Crippen molar-refractivity contribution < 1.29 is 12.8 Å². The Balaban J connectivity index is 1.57. The van der Waals surface area contributed by atoms with Gasteiger partial charge in [0.25, 0.3) is 0 Å². The Morgan fingerprint density at radius 1 is 1.00 bits per heavy atom. The van der Waals surface area contributed by atoms with Crippen molar-refractivity contribution in [2.45, 2.75) is 11.8 Å². The minimum Gasteiger partial charge on any atom is -0.408 e. The third-order valence-electron chi connectivity index (χ3n) is 5.10. The van der Waals surface area contributed by atoms with Crippen LogP contribution in [0.4, 0.5) is 5.69 Å². The number of oxazole rings is 1. The van der Waals surface area contributed by atoms with Crippen LogP contribution in [0.1, 0.15) is 5.56 Å². The molecule has 2 heterocycles. The standard InChI is InChI=1S/C19H21N3O4S/c1-14-5-3-4-6-16(14)21-9-11-22(12-10-21)27(24,25)15-7-8-17-18(13-15)26-19(23)20(17)2/h3-8,13H,9-12H2,1-2H3. The molecule has 0 N–H and O–H groups in total. The molecule has 27 heavy (non-hydrogen) atoms. The zero-order valence-corrected chi connectivity index (χ0v) is 16.1. The molecular formula is C19H21N3O4S. The van der Waals surface area contributed by atoms with Gasteiger partial charge in [-0.05, 0) is 30.7 Å². The quantitative estimate of drug-likeness (QED) is 0.687. The highest BCUT2D eigenvalue weighted by Crippen LogP contribution is 2.25. The molecule has 0 saturated carbocycles. The summed E-state index contributed by atoms with van der Waals surface area (Å²) in [6, 6.07) is 12.7. The fraction of sp³-hybridized carbons (Fsp3) is 0.316. The molecule has 0 aliphatic carbocycles. The van der Waals surface area contributed by atoms with Crippen molar-refractivity contribution in [1.29, 1.82) is 0 Å². The summed E-state index contributed by atoms with van der Waals surface area (Å²) in [7, 11) is -2.05. The topological polar surface area (TPSA) is 75.8 Å². The molecule has 0 unspecified atom stereocenters. The molecule has 142 valence electrons. The minimum atomic E-state index is -3.64. The second-order valence-corrected chi connectivity index (χ2v) is 8.67.